The summed E-state index contributed by atoms with van der Waals surface area (Å²) in [7, 11) is 3.17. The van der Waals surface area contributed by atoms with Crippen LogP contribution >= 0.6 is 0 Å². The molecule has 0 bridgehead atoms. The van der Waals surface area contributed by atoms with Crippen LogP contribution in [0.25, 0.3) is 5.69 Å². The SMILES string of the molecule is COc1ccc(-n2nc(C(F)(F)F)c3c2C(=O)N(c2ccc(N(C)C(=O)CNC4CCC4)cc2)CC3)cc1. The van der Waals surface area contributed by atoms with Crippen molar-refractivity contribution in [2.45, 2.75) is 37.9 Å². The lowest BCUT2D eigenvalue weighted by molar-refractivity contribution is -0.142. The van der Waals surface area contributed by atoms with Crippen molar-refractivity contribution in [2.24, 2.45) is 0 Å². The van der Waals surface area contributed by atoms with Gasteiger partial charge in [0.05, 0.1) is 19.3 Å². The Labute approximate surface area is 218 Å². The first-order chi connectivity index (χ1) is 18.2. The molecule has 2 aliphatic rings. The van der Waals surface area contributed by atoms with E-state index in [-0.39, 0.29) is 36.7 Å². The van der Waals surface area contributed by atoms with Crippen LogP contribution in [0.3, 0.4) is 0 Å². The summed E-state index contributed by atoms with van der Waals surface area (Å²) in [6.07, 6.45) is -1.36. The number of hydrogen-bond donors (Lipinski definition) is 1. The molecule has 2 aromatic carbocycles. The van der Waals surface area contributed by atoms with E-state index < -0.39 is 17.8 Å². The smallest absolute Gasteiger partial charge is 0.435 e. The number of rotatable bonds is 7. The highest BCUT2D eigenvalue weighted by Gasteiger charge is 2.43. The number of hydrogen-bond acceptors (Lipinski definition) is 5. The number of anilines is 2. The van der Waals surface area contributed by atoms with E-state index >= 15 is 0 Å². The second kappa shape index (κ2) is 10.1. The zero-order valence-corrected chi connectivity index (χ0v) is 21.1. The molecule has 0 atom stereocenters. The Bertz CT molecular complexity index is 1330. The molecule has 2 amide bonds. The number of nitrogens with one attached hydrogen (secondary N) is 1. The Kier molecular flexibility index (Phi) is 6.87. The second-order valence-corrected chi connectivity index (χ2v) is 9.47. The lowest BCUT2D eigenvalue weighted by Gasteiger charge is -2.29. The van der Waals surface area contributed by atoms with Gasteiger partial charge in [0.1, 0.15) is 11.4 Å². The summed E-state index contributed by atoms with van der Waals surface area (Å²) in [4.78, 5) is 29.1. The summed E-state index contributed by atoms with van der Waals surface area (Å²) in [6, 6.07) is 13.5. The lowest BCUT2D eigenvalue weighted by Crippen LogP contribution is -2.43. The van der Waals surface area contributed by atoms with Gasteiger partial charge in [-0.05, 0) is 67.8 Å². The van der Waals surface area contributed by atoms with Crippen molar-refractivity contribution < 1.29 is 27.5 Å². The number of benzene rings is 2. The second-order valence-electron chi connectivity index (χ2n) is 9.47. The molecule has 3 aromatic rings. The van der Waals surface area contributed by atoms with Crippen LogP contribution in [0, 0.1) is 0 Å². The summed E-state index contributed by atoms with van der Waals surface area (Å²) < 4.78 is 47.7. The molecule has 200 valence electrons. The van der Waals surface area contributed by atoms with Crippen molar-refractivity contribution in [3.8, 4) is 11.4 Å². The van der Waals surface area contributed by atoms with Gasteiger partial charge in [0, 0.05) is 36.6 Å². The molecule has 1 fully saturated rings. The van der Waals surface area contributed by atoms with E-state index in [0.29, 0.717) is 28.9 Å². The van der Waals surface area contributed by atoms with Crippen LogP contribution in [0.5, 0.6) is 5.75 Å². The van der Waals surface area contributed by atoms with Crippen LogP contribution in [0.4, 0.5) is 24.5 Å². The van der Waals surface area contributed by atoms with Crippen molar-refractivity contribution in [1.29, 1.82) is 0 Å². The van der Waals surface area contributed by atoms with Gasteiger partial charge in [0.2, 0.25) is 5.91 Å². The number of alkyl halides is 3. The molecule has 1 N–H and O–H groups in total. The molecule has 1 saturated carbocycles. The van der Waals surface area contributed by atoms with E-state index in [1.807, 2.05) is 0 Å². The summed E-state index contributed by atoms with van der Waals surface area (Å²) in [5.74, 6) is -0.125. The minimum atomic E-state index is -4.70. The predicted molar refractivity (Wildman–Crippen MR) is 136 cm³/mol. The van der Waals surface area contributed by atoms with Gasteiger partial charge < -0.3 is 19.9 Å². The maximum Gasteiger partial charge on any atom is 0.435 e. The Morgan fingerprint density at radius 2 is 1.76 bits per heavy atom. The van der Waals surface area contributed by atoms with E-state index in [2.05, 4.69) is 10.4 Å². The van der Waals surface area contributed by atoms with E-state index in [1.54, 1.807) is 60.5 Å². The van der Waals surface area contributed by atoms with Crippen molar-refractivity contribution >= 4 is 23.2 Å². The number of carbonyl (C=O) groups excluding carboxylic acids is 2. The molecular formula is C27H28F3N5O3. The highest BCUT2D eigenvalue weighted by atomic mass is 19.4. The monoisotopic (exact) mass is 527 g/mol. The first-order valence-electron chi connectivity index (χ1n) is 12.4. The van der Waals surface area contributed by atoms with Crippen molar-refractivity contribution in [3.05, 3.63) is 65.5 Å². The van der Waals surface area contributed by atoms with E-state index in [1.165, 1.54) is 18.4 Å². The number of nitrogens with zero attached hydrogens (tertiary/aromatic N) is 4. The molecule has 2 heterocycles. The van der Waals surface area contributed by atoms with E-state index in [0.717, 1.165) is 17.5 Å². The van der Waals surface area contributed by atoms with Crippen molar-refractivity contribution in [2.75, 3.05) is 37.0 Å². The first kappa shape index (κ1) is 25.8. The number of fused-ring (bicyclic) bond motifs is 1. The van der Waals surface area contributed by atoms with Crippen LogP contribution in [0.1, 0.15) is 41.0 Å². The van der Waals surface area contributed by atoms with Crippen molar-refractivity contribution in [1.82, 2.24) is 15.1 Å². The Morgan fingerprint density at radius 1 is 1.11 bits per heavy atom. The summed E-state index contributed by atoms with van der Waals surface area (Å²) in [6.45, 7) is 0.315. The molecule has 0 unspecified atom stereocenters. The molecule has 0 radical (unpaired) electrons. The van der Waals surface area contributed by atoms with Crippen LogP contribution in [0.2, 0.25) is 0 Å². The molecule has 38 heavy (non-hydrogen) atoms. The summed E-state index contributed by atoms with van der Waals surface area (Å²) >= 11 is 0. The van der Waals surface area contributed by atoms with Crippen LogP contribution < -0.4 is 19.9 Å². The lowest BCUT2D eigenvalue weighted by atomic mass is 9.93. The number of amides is 2. The highest BCUT2D eigenvalue weighted by molar-refractivity contribution is 6.07. The van der Waals surface area contributed by atoms with Gasteiger partial charge in [-0.25, -0.2) is 4.68 Å². The van der Waals surface area contributed by atoms with Gasteiger partial charge in [0.25, 0.3) is 5.91 Å². The number of halogens is 3. The number of ether oxygens (including phenoxy) is 1. The van der Waals surface area contributed by atoms with Gasteiger partial charge >= 0.3 is 6.18 Å². The van der Waals surface area contributed by atoms with Crippen LogP contribution in [0.15, 0.2) is 48.5 Å². The van der Waals surface area contributed by atoms with Crippen molar-refractivity contribution in [3.63, 3.8) is 0 Å². The molecule has 5 rings (SSSR count). The van der Waals surface area contributed by atoms with Crippen LogP contribution in [-0.4, -0.2) is 54.9 Å². The average Bonchev–Trinajstić information content (AvgIpc) is 3.29. The fourth-order valence-electron chi connectivity index (χ4n) is 4.71. The number of carbonyl (C=O) groups is 2. The fraction of sp³-hybridized carbons (Fsp3) is 0.370. The maximum atomic E-state index is 13.8. The highest BCUT2D eigenvalue weighted by Crippen LogP contribution is 2.37. The maximum absolute atomic E-state index is 13.8. The third kappa shape index (κ3) is 4.85. The zero-order chi connectivity index (χ0) is 27.0. The Balaban J connectivity index is 1.40. The molecule has 1 aliphatic heterocycles. The molecule has 1 aliphatic carbocycles. The number of methoxy groups -OCH3 is 1. The topological polar surface area (TPSA) is 79.7 Å². The molecule has 11 heteroatoms. The minimum Gasteiger partial charge on any atom is -0.497 e. The molecule has 1 aromatic heterocycles. The largest absolute Gasteiger partial charge is 0.497 e. The standard InChI is InChI=1S/C27H28F3N5O3/c1-33(23(36)16-31-17-4-3-5-17)18-6-8-19(9-7-18)34-15-14-22-24(26(34)37)35(32-25(22)27(28,29)30)20-10-12-21(38-2)13-11-20/h6-13,17,31H,3-5,14-16H2,1-2H3. The number of aromatic nitrogens is 2. The predicted octanol–water partition coefficient (Wildman–Crippen LogP) is 4.21. The average molecular weight is 528 g/mol. The fourth-order valence-corrected chi connectivity index (χ4v) is 4.71. The first-order valence-corrected chi connectivity index (χ1v) is 12.4. The third-order valence-electron chi connectivity index (χ3n) is 7.17. The Hall–Kier alpha value is -3.86. The molecule has 8 nitrogen and oxygen atoms in total. The van der Waals surface area contributed by atoms with Crippen LogP contribution in [-0.2, 0) is 17.4 Å². The van der Waals surface area contributed by atoms with Gasteiger partial charge in [-0.2, -0.15) is 18.3 Å². The van der Waals surface area contributed by atoms with E-state index in [9.17, 15) is 22.8 Å². The molecule has 0 spiro atoms. The summed E-state index contributed by atoms with van der Waals surface area (Å²) in [5, 5.41) is 7.06. The molecular weight excluding hydrogens is 499 g/mol. The van der Waals surface area contributed by atoms with Gasteiger partial charge in [0.15, 0.2) is 5.69 Å². The summed E-state index contributed by atoms with van der Waals surface area (Å²) in [5.41, 5.74) is 0.208. The number of likely N-dealkylation sites (N-methyl/N-ethyl adjacent to an activating group) is 1. The molecule has 0 saturated heterocycles. The zero-order valence-electron chi connectivity index (χ0n) is 21.1. The van der Waals surface area contributed by atoms with Gasteiger partial charge in [-0.1, -0.05) is 6.42 Å². The quantitative estimate of drug-likeness (QED) is 0.498. The minimum absolute atomic E-state index is 0.000945. The van der Waals surface area contributed by atoms with Gasteiger partial charge in [-0.15, -0.1) is 0 Å². The normalized spacial score (nSPS) is 15.7. The third-order valence-corrected chi connectivity index (χ3v) is 7.17. The van der Waals surface area contributed by atoms with Gasteiger partial charge in [-0.3, -0.25) is 9.59 Å². The van der Waals surface area contributed by atoms with E-state index in [4.69, 9.17) is 4.74 Å². The Morgan fingerprint density at radius 3 is 2.34 bits per heavy atom.